The highest BCUT2D eigenvalue weighted by Gasteiger charge is 2.20. The molecule has 0 saturated heterocycles. The number of benzene rings is 1. The molecule has 1 aromatic heterocycles. The topological polar surface area (TPSA) is 33.2 Å². The first kappa shape index (κ1) is 16.8. The second kappa shape index (κ2) is 6.27. The summed E-state index contributed by atoms with van der Waals surface area (Å²) < 4.78 is 0. The monoisotopic (exact) mass is 336 g/mol. The lowest BCUT2D eigenvalue weighted by Gasteiger charge is -2.22. The Morgan fingerprint density at radius 1 is 1.05 bits per heavy atom. The molecule has 2 rings (SSSR count). The zero-order valence-corrected chi connectivity index (χ0v) is 14.5. The Kier molecular flexibility index (Phi) is 4.78. The Bertz CT molecular complexity index is 691. The number of hydrogen-bond acceptors (Lipinski definition) is 2. The van der Waals surface area contributed by atoms with E-state index in [1.54, 1.807) is 19.2 Å². The molecule has 2 aromatic rings. The van der Waals surface area contributed by atoms with Gasteiger partial charge in [0.05, 0.1) is 5.02 Å². The van der Waals surface area contributed by atoms with E-state index in [1.165, 1.54) is 10.5 Å². The molecule has 0 radical (unpaired) electrons. The summed E-state index contributed by atoms with van der Waals surface area (Å²) in [5.41, 5.74) is 2.20. The number of carbonyl (C=O) groups is 1. The molecule has 1 amide bonds. The summed E-state index contributed by atoms with van der Waals surface area (Å²) in [5, 5.41) is 0.525. The highest BCUT2D eigenvalue weighted by atomic mass is 35.5. The molecular formula is C17H18Cl2N2O. The average Bonchev–Trinajstić information content (AvgIpc) is 2.47. The van der Waals surface area contributed by atoms with Gasteiger partial charge in [-0.3, -0.25) is 4.79 Å². The van der Waals surface area contributed by atoms with Crippen LogP contribution in [-0.2, 0) is 5.41 Å². The van der Waals surface area contributed by atoms with E-state index in [4.69, 9.17) is 23.2 Å². The van der Waals surface area contributed by atoms with E-state index in [0.29, 0.717) is 0 Å². The lowest BCUT2D eigenvalue weighted by atomic mass is 9.87. The number of rotatable bonds is 2. The second-order valence-corrected chi connectivity index (χ2v) is 6.92. The fraction of sp³-hybridized carbons (Fsp3) is 0.294. The van der Waals surface area contributed by atoms with Crippen LogP contribution in [-0.4, -0.2) is 17.9 Å². The van der Waals surface area contributed by atoms with Crippen LogP contribution in [0, 0.1) is 0 Å². The zero-order chi connectivity index (χ0) is 16.5. The normalized spacial score (nSPS) is 11.4. The predicted octanol–water partition coefficient (Wildman–Crippen LogP) is 4.96. The largest absolute Gasteiger partial charge is 0.310 e. The lowest BCUT2D eigenvalue weighted by Crippen LogP contribution is -2.27. The third-order valence-corrected chi connectivity index (χ3v) is 3.96. The number of pyridine rings is 1. The number of anilines is 1. The predicted molar refractivity (Wildman–Crippen MR) is 92.1 cm³/mol. The quantitative estimate of drug-likeness (QED) is 0.726. The van der Waals surface area contributed by atoms with Gasteiger partial charge >= 0.3 is 0 Å². The number of aromatic nitrogens is 1. The second-order valence-electron chi connectivity index (χ2n) is 6.13. The molecule has 0 atom stereocenters. The van der Waals surface area contributed by atoms with E-state index < -0.39 is 0 Å². The highest BCUT2D eigenvalue weighted by molar-refractivity contribution is 6.35. The van der Waals surface area contributed by atoms with E-state index >= 15 is 0 Å². The van der Waals surface area contributed by atoms with E-state index in [2.05, 4.69) is 25.8 Å². The van der Waals surface area contributed by atoms with Gasteiger partial charge in [0, 0.05) is 12.7 Å². The van der Waals surface area contributed by atoms with Crippen molar-refractivity contribution in [2.24, 2.45) is 0 Å². The molecule has 0 aliphatic carbocycles. The van der Waals surface area contributed by atoms with Crippen molar-refractivity contribution in [2.75, 3.05) is 11.9 Å². The van der Waals surface area contributed by atoms with Crippen LogP contribution < -0.4 is 4.90 Å². The molecule has 5 heteroatoms. The molecule has 116 valence electrons. The maximum atomic E-state index is 12.5. The molecule has 0 unspecified atom stereocenters. The van der Waals surface area contributed by atoms with Gasteiger partial charge in [0.1, 0.15) is 10.8 Å². The summed E-state index contributed by atoms with van der Waals surface area (Å²) in [7, 11) is 1.69. The first-order chi connectivity index (χ1) is 10.2. The smallest absolute Gasteiger partial charge is 0.278 e. The molecule has 0 spiro atoms. The van der Waals surface area contributed by atoms with Gasteiger partial charge in [0.15, 0.2) is 0 Å². The van der Waals surface area contributed by atoms with Crippen molar-refractivity contribution < 1.29 is 4.79 Å². The van der Waals surface area contributed by atoms with Crippen LogP contribution in [0.3, 0.4) is 0 Å². The maximum Gasteiger partial charge on any atom is 0.278 e. The minimum absolute atomic E-state index is 0.0684. The Morgan fingerprint density at radius 2 is 1.64 bits per heavy atom. The summed E-state index contributed by atoms with van der Waals surface area (Å²) >= 11 is 11.9. The third-order valence-electron chi connectivity index (χ3n) is 3.44. The zero-order valence-electron chi connectivity index (χ0n) is 13.0. The highest BCUT2D eigenvalue weighted by Crippen LogP contribution is 2.26. The molecule has 0 bridgehead atoms. The Morgan fingerprint density at radius 3 is 2.18 bits per heavy atom. The molecule has 0 aliphatic heterocycles. The van der Waals surface area contributed by atoms with E-state index in [9.17, 15) is 4.79 Å². The molecule has 1 heterocycles. The molecule has 0 N–H and O–H groups in total. The van der Waals surface area contributed by atoms with Crippen molar-refractivity contribution in [1.29, 1.82) is 0 Å². The van der Waals surface area contributed by atoms with Gasteiger partial charge in [0.2, 0.25) is 0 Å². The van der Waals surface area contributed by atoms with E-state index in [0.717, 1.165) is 5.69 Å². The number of nitrogens with zero attached hydrogens (tertiary/aromatic N) is 2. The molecule has 22 heavy (non-hydrogen) atoms. The summed E-state index contributed by atoms with van der Waals surface area (Å²) in [5.74, 6) is -0.295. The summed E-state index contributed by atoms with van der Waals surface area (Å²) in [6.07, 6.45) is 0. The van der Waals surface area contributed by atoms with Crippen LogP contribution in [0.15, 0.2) is 36.4 Å². The van der Waals surface area contributed by atoms with E-state index in [-0.39, 0.29) is 27.2 Å². The number of hydrogen-bond donors (Lipinski definition) is 0. The van der Waals surface area contributed by atoms with Crippen LogP contribution in [0.4, 0.5) is 5.69 Å². The van der Waals surface area contributed by atoms with Crippen molar-refractivity contribution >= 4 is 34.8 Å². The first-order valence-electron chi connectivity index (χ1n) is 6.91. The molecular weight excluding hydrogens is 319 g/mol. The molecule has 0 saturated carbocycles. The van der Waals surface area contributed by atoms with Crippen molar-refractivity contribution in [3.63, 3.8) is 0 Å². The van der Waals surface area contributed by atoms with Gasteiger partial charge in [0.25, 0.3) is 5.91 Å². The fourth-order valence-electron chi connectivity index (χ4n) is 2.03. The van der Waals surface area contributed by atoms with Gasteiger partial charge < -0.3 is 4.90 Å². The number of carbonyl (C=O) groups excluding carboxylic acids is 1. The molecule has 1 aromatic carbocycles. The van der Waals surface area contributed by atoms with Crippen molar-refractivity contribution in [3.05, 3.63) is 57.8 Å². The standard InChI is InChI=1S/C17H18Cl2N2O/c1-17(2,3)11-5-7-12(8-6-11)21(4)16(22)15-13(18)9-10-14(19)20-15/h5-10H,1-4H3. The summed E-state index contributed by atoms with van der Waals surface area (Å²) in [4.78, 5) is 18.0. The molecule has 3 nitrogen and oxygen atoms in total. The maximum absolute atomic E-state index is 12.5. The van der Waals surface area contributed by atoms with Gasteiger partial charge in [-0.25, -0.2) is 4.98 Å². The lowest BCUT2D eigenvalue weighted by molar-refractivity contribution is 0.0988. The van der Waals surface area contributed by atoms with Crippen LogP contribution in [0.25, 0.3) is 0 Å². The van der Waals surface area contributed by atoms with Gasteiger partial charge in [-0.2, -0.15) is 0 Å². The number of halogens is 2. The Labute approximate surface area is 140 Å². The van der Waals surface area contributed by atoms with Crippen molar-refractivity contribution in [2.45, 2.75) is 26.2 Å². The van der Waals surface area contributed by atoms with Gasteiger partial charge in [-0.15, -0.1) is 0 Å². The summed E-state index contributed by atoms with van der Waals surface area (Å²) in [6.45, 7) is 6.44. The number of amides is 1. The van der Waals surface area contributed by atoms with Crippen molar-refractivity contribution in [3.8, 4) is 0 Å². The molecule has 0 fully saturated rings. The minimum Gasteiger partial charge on any atom is -0.310 e. The Hall–Kier alpha value is -1.58. The van der Waals surface area contributed by atoms with Gasteiger partial charge in [-0.05, 0) is 35.2 Å². The van der Waals surface area contributed by atoms with Crippen LogP contribution in [0.5, 0.6) is 0 Å². The fourth-order valence-corrected chi connectivity index (χ4v) is 2.36. The minimum atomic E-state index is -0.295. The van der Waals surface area contributed by atoms with Gasteiger partial charge in [-0.1, -0.05) is 56.1 Å². The molecule has 0 aliphatic rings. The SMILES string of the molecule is CN(C(=O)c1nc(Cl)ccc1Cl)c1ccc(C(C)(C)C)cc1. The van der Waals surface area contributed by atoms with Crippen molar-refractivity contribution in [1.82, 2.24) is 4.98 Å². The first-order valence-corrected chi connectivity index (χ1v) is 7.66. The van der Waals surface area contributed by atoms with Crippen LogP contribution >= 0.6 is 23.2 Å². The van der Waals surface area contributed by atoms with E-state index in [1.807, 2.05) is 24.3 Å². The van der Waals surface area contributed by atoms with Crippen LogP contribution in [0.2, 0.25) is 10.2 Å². The Balaban J connectivity index is 2.29. The van der Waals surface area contributed by atoms with Crippen LogP contribution in [0.1, 0.15) is 36.8 Å². The summed E-state index contributed by atoms with van der Waals surface area (Å²) in [6, 6.07) is 11.0. The third kappa shape index (κ3) is 3.60. The average molecular weight is 337 g/mol.